The van der Waals surface area contributed by atoms with Gasteiger partial charge in [-0.05, 0) is 37.7 Å². The van der Waals surface area contributed by atoms with E-state index in [9.17, 15) is 0 Å². The van der Waals surface area contributed by atoms with Gasteiger partial charge in [0.25, 0.3) is 0 Å². The van der Waals surface area contributed by atoms with Gasteiger partial charge in [-0.3, -0.25) is 4.68 Å². The number of aryl methyl sites for hydroxylation is 2. The second-order valence-corrected chi connectivity index (χ2v) is 3.98. The lowest BCUT2D eigenvalue weighted by Crippen LogP contribution is -2.10. The van der Waals surface area contributed by atoms with Crippen molar-refractivity contribution in [3.8, 4) is 0 Å². The van der Waals surface area contributed by atoms with Gasteiger partial charge in [-0.15, -0.1) is 0 Å². The molecular weight excluding hydrogens is 148 g/mol. The van der Waals surface area contributed by atoms with Crippen LogP contribution < -0.4 is 0 Å². The van der Waals surface area contributed by atoms with Gasteiger partial charge < -0.3 is 0 Å². The molecule has 2 rings (SSSR count). The van der Waals surface area contributed by atoms with Crippen molar-refractivity contribution in [3.63, 3.8) is 0 Å². The Labute approximate surface area is 73.6 Å². The molecule has 0 radical (unpaired) electrons. The summed E-state index contributed by atoms with van der Waals surface area (Å²) >= 11 is 0. The van der Waals surface area contributed by atoms with Crippen LogP contribution >= 0.6 is 0 Å². The second kappa shape index (κ2) is 2.61. The summed E-state index contributed by atoms with van der Waals surface area (Å²) in [5.41, 5.74) is 4.21. The lowest BCUT2D eigenvalue weighted by atomic mass is 9.88. The predicted octanol–water partition coefficient (Wildman–Crippen LogP) is 1.85. The normalized spacial score (nSPS) is 22.4. The van der Waals surface area contributed by atoms with E-state index >= 15 is 0 Å². The minimum Gasteiger partial charge on any atom is -0.272 e. The fraction of sp³-hybridized carbons (Fsp3) is 0.700. The third kappa shape index (κ3) is 1.06. The molecule has 0 fully saturated rings. The molecule has 1 atom stereocenters. The Morgan fingerprint density at radius 3 is 3.00 bits per heavy atom. The summed E-state index contributed by atoms with van der Waals surface area (Å²) in [6, 6.07) is 0. The summed E-state index contributed by atoms with van der Waals surface area (Å²) in [4.78, 5) is 0. The molecule has 0 saturated carbocycles. The molecule has 1 heterocycles. The van der Waals surface area contributed by atoms with Crippen LogP contribution in [0.5, 0.6) is 0 Å². The molecule has 0 amide bonds. The monoisotopic (exact) mass is 164 g/mol. The first-order chi connectivity index (χ1) is 5.68. The number of aromatic nitrogens is 2. The Kier molecular flexibility index (Phi) is 1.71. The Morgan fingerprint density at radius 1 is 1.50 bits per heavy atom. The van der Waals surface area contributed by atoms with Crippen molar-refractivity contribution in [2.45, 2.75) is 33.1 Å². The maximum atomic E-state index is 4.50. The lowest BCUT2D eigenvalue weighted by Gasteiger charge is -2.16. The number of fused-ring (bicyclic) bond motifs is 1. The standard InChI is InChI=1S/C10H16N2/c1-7-4-5-10-9(6-7)8(2)12(3)11-10/h7H,4-6H2,1-3H3. The van der Waals surface area contributed by atoms with Crippen LogP contribution in [0.15, 0.2) is 0 Å². The van der Waals surface area contributed by atoms with Crippen LogP contribution in [-0.4, -0.2) is 9.78 Å². The van der Waals surface area contributed by atoms with Crippen molar-refractivity contribution in [1.82, 2.24) is 9.78 Å². The van der Waals surface area contributed by atoms with Gasteiger partial charge >= 0.3 is 0 Å². The maximum absolute atomic E-state index is 4.50. The zero-order valence-corrected chi connectivity index (χ0v) is 8.09. The Morgan fingerprint density at radius 2 is 2.25 bits per heavy atom. The second-order valence-electron chi connectivity index (χ2n) is 3.98. The third-order valence-corrected chi connectivity index (χ3v) is 2.97. The molecule has 0 spiro atoms. The minimum absolute atomic E-state index is 0.848. The number of hydrogen-bond acceptors (Lipinski definition) is 1. The summed E-state index contributed by atoms with van der Waals surface area (Å²) in [6.45, 7) is 4.50. The first kappa shape index (κ1) is 7.84. The van der Waals surface area contributed by atoms with E-state index in [0.717, 1.165) is 5.92 Å². The van der Waals surface area contributed by atoms with Crippen LogP contribution in [0.4, 0.5) is 0 Å². The molecule has 12 heavy (non-hydrogen) atoms. The van der Waals surface area contributed by atoms with Crippen molar-refractivity contribution in [2.24, 2.45) is 13.0 Å². The van der Waals surface area contributed by atoms with Crippen molar-refractivity contribution in [3.05, 3.63) is 17.0 Å². The van der Waals surface area contributed by atoms with Gasteiger partial charge in [0.15, 0.2) is 0 Å². The topological polar surface area (TPSA) is 17.8 Å². The van der Waals surface area contributed by atoms with Gasteiger partial charge in [0, 0.05) is 12.7 Å². The molecule has 1 aliphatic rings. The average molecular weight is 164 g/mol. The Bertz CT molecular complexity index is 299. The summed E-state index contributed by atoms with van der Waals surface area (Å²) < 4.78 is 2.02. The van der Waals surface area contributed by atoms with Gasteiger partial charge in [-0.2, -0.15) is 5.10 Å². The largest absolute Gasteiger partial charge is 0.272 e. The first-order valence-electron chi connectivity index (χ1n) is 4.70. The molecule has 0 bridgehead atoms. The summed E-state index contributed by atoms with van der Waals surface area (Å²) in [5, 5.41) is 4.50. The van der Waals surface area contributed by atoms with Gasteiger partial charge in [-0.1, -0.05) is 6.92 Å². The number of rotatable bonds is 0. The molecule has 0 N–H and O–H groups in total. The van der Waals surface area contributed by atoms with Crippen LogP contribution in [0, 0.1) is 12.8 Å². The molecule has 1 aromatic rings. The number of nitrogens with zero attached hydrogens (tertiary/aromatic N) is 2. The molecule has 66 valence electrons. The van der Waals surface area contributed by atoms with E-state index < -0.39 is 0 Å². The Balaban J connectivity index is 2.44. The minimum atomic E-state index is 0.848. The zero-order valence-electron chi connectivity index (χ0n) is 8.09. The highest BCUT2D eigenvalue weighted by Gasteiger charge is 2.20. The fourth-order valence-electron chi connectivity index (χ4n) is 2.02. The van der Waals surface area contributed by atoms with Gasteiger partial charge in [-0.25, -0.2) is 0 Å². The fourth-order valence-corrected chi connectivity index (χ4v) is 2.02. The molecule has 0 saturated heterocycles. The van der Waals surface area contributed by atoms with Crippen molar-refractivity contribution in [2.75, 3.05) is 0 Å². The maximum Gasteiger partial charge on any atom is 0.0659 e. The van der Waals surface area contributed by atoms with E-state index in [0.29, 0.717) is 0 Å². The molecule has 1 unspecified atom stereocenters. The average Bonchev–Trinajstić information content (AvgIpc) is 2.31. The quantitative estimate of drug-likeness (QED) is 0.572. The highest BCUT2D eigenvalue weighted by molar-refractivity contribution is 5.27. The van der Waals surface area contributed by atoms with Crippen molar-refractivity contribution >= 4 is 0 Å². The van der Waals surface area contributed by atoms with Crippen LogP contribution in [0.3, 0.4) is 0 Å². The Hall–Kier alpha value is -0.790. The van der Waals surface area contributed by atoms with E-state index in [1.54, 1.807) is 0 Å². The molecule has 2 nitrogen and oxygen atoms in total. The zero-order chi connectivity index (χ0) is 8.72. The number of hydrogen-bond donors (Lipinski definition) is 0. The van der Waals surface area contributed by atoms with Crippen LogP contribution in [0.2, 0.25) is 0 Å². The highest BCUT2D eigenvalue weighted by Crippen LogP contribution is 2.26. The van der Waals surface area contributed by atoms with E-state index in [1.165, 1.54) is 36.2 Å². The smallest absolute Gasteiger partial charge is 0.0659 e. The summed E-state index contributed by atoms with van der Waals surface area (Å²) in [7, 11) is 2.04. The van der Waals surface area contributed by atoms with E-state index in [1.807, 2.05) is 11.7 Å². The summed E-state index contributed by atoms with van der Waals surface area (Å²) in [6.07, 6.45) is 3.72. The first-order valence-corrected chi connectivity index (χ1v) is 4.70. The molecule has 0 aromatic carbocycles. The van der Waals surface area contributed by atoms with Crippen LogP contribution in [0.25, 0.3) is 0 Å². The van der Waals surface area contributed by atoms with Crippen LogP contribution in [-0.2, 0) is 19.9 Å². The SMILES string of the molecule is Cc1c2c(nn1C)CCC(C)C2. The van der Waals surface area contributed by atoms with Crippen LogP contribution in [0.1, 0.15) is 30.3 Å². The lowest BCUT2D eigenvalue weighted by molar-refractivity contribution is 0.496. The highest BCUT2D eigenvalue weighted by atomic mass is 15.3. The van der Waals surface area contributed by atoms with Gasteiger partial charge in [0.1, 0.15) is 0 Å². The molecule has 1 aliphatic carbocycles. The molecule has 1 aromatic heterocycles. The third-order valence-electron chi connectivity index (χ3n) is 2.97. The van der Waals surface area contributed by atoms with E-state index in [-0.39, 0.29) is 0 Å². The van der Waals surface area contributed by atoms with Gasteiger partial charge in [0.2, 0.25) is 0 Å². The molecular formula is C10H16N2. The van der Waals surface area contributed by atoms with Gasteiger partial charge in [0.05, 0.1) is 5.69 Å². The summed E-state index contributed by atoms with van der Waals surface area (Å²) in [5.74, 6) is 0.848. The molecule has 2 heteroatoms. The predicted molar refractivity (Wildman–Crippen MR) is 49.1 cm³/mol. The van der Waals surface area contributed by atoms with E-state index in [2.05, 4.69) is 18.9 Å². The van der Waals surface area contributed by atoms with E-state index in [4.69, 9.17) is 0 Å². The van der Waals surface area contributed by atoms with Crippen molar-refractivity contribution < 1.29 is 0 Å². The van der Waals surface area contributed by atoms with Crippen molar-refractivity contribution in [1.29, 1.82) is 0 Å². The molecule has 0 aliphatic heterocycles.